The second-order valence-electron chi connectivity index (χ2n) is 3.63. The SMILES string of the molecule is CCC(Oc1ccc([N+](=O)[O-])cc1OC)C(N)=NO. The van der Waals surface area contributed by atoms with Crippen molar-refractivity contribution in [3.63, 3.8) is 0 Å². The molecule has 0 fully saturated rings. The first-order chi connectivity index (χ1) is 9.03. The zero-order valence-corrected chi connectivity index (χ0v) is 10.6. The van der Waals surface area contributed by atoms with Gasteiger partial charge in [-0.25, -0.2) is 0 Å². The lowest BCUT2D eigenvalue weighted by atomic mass is 10.2. The number of benzene rings is 1. The van der Waals surface area contributed by atoms with Crippen LogP contribution in [-0.4, -0.2) is 29.2 Å². The second kappa shape index (κ2) is 6.43. The zero-order chi connectivity index (χ0) is 14.4. The predicted octanol–water partition coefficient (Wildman–Crippen LogP) is 1.51. The van der Waals surface area contributed by atoms with Gasteiger partial charge in [0.1, 0.15) is 0 Å². The molecule has 0 aliphatic heterocycles. The molecule has 8 heteroatoms. The average molecular weight is 269 g/mol. The number of ether oxygens (including phenoxy) is 2. The number of oxime groups is 1. The molecule has 8 nitrogen and oxygen atoms in total. The summed E-state index contributed by atoms with van der Waals surface area (Å²) in [4.78, 5) is 10.1. The first-order valence-corrected chi connectivity index (χ1v) is 5.50. The number of nitrogens with two attached hydrogens (primary N) is 1. The van der Waals surface area contributed by atoms with Crippen molar-refractivity contribution >= 4 is 11.5 Å². The number of nitrogens with zero attached hydrogens (tertiary/aromatic N) is 2. The molecule has 0 bridgehead atoms. The van der Waals surface area contributed by atoms with Crippen LogP contribution in [0, 0.1) is 10.1 Å². The summed E-state index contributed by atoms with van der Waals surface area (Å²) in [5.41, 5.74) is 5.36. The van der Waals surface area contributed by atoms with Crippen LogP contribution < -0.4 is 15.2 Å². The number of nitro groups is 1. The molecule has 0 aliphatic rings. The fourth-order valence-electron chi connectivity index (χ4n) is 1.44. The standard InChI is InChI=1S/C11H15N3O5/c1-3-8(11(12)13-15)19-9-5-4-7(14(16)17)6-10(9)18-2/h4-6,8,15H,3H2,1-2H3,(H2,12,13). The first-order valence-electron chi connectivity index (χ1n) is 5.50. The van der Waals surface area contributed by atoms with Gasteiger partial charge in [0.2, 0.25) is 0 Å². The van der Waals surface area contributed by atoms with Crippen LogP contribution in [-0.2, 0) is 0 Å². The summed E-state index contributed by atoms with van der Waals surface area (Å²) in [6, 6.07) is 3.94. The number of non-ortho nitro benzene ring substituents is 1. The molecule has 0 heterocycles. The largest absolute Gasteiger partial charge is 0.493 e. The highest BCUT2D eigenvalue weighted by Gasteiger charge is 2.18. The Bertz CT molecular complexity index is 489. The molecular formula is C11H15N3O5. The van der Waals surface area contributed by atoms with E-state index >= 15 is 0 Å². The van der Waals surface area contributed by atoms with Crippen LogP contribution in [0.1, 0.15) is 13.3 Å². The Hall–Kier alpha value is -2.51. The van der Waals surface area contributed by atoms with Gasteiger partial charge < -0.3 is 20.4 Å². The summed E-state index contributed by atoms with van der Waals surface area (Å²) in [6.45, 7) is 1.79. The van der Waals surface area contributed by atoms with E-state index in [9.17, 15) is 10.1 Å². The first kappa shape index (κ1) is 14.6. The molecule has 1 atom stereocenters. The fourth-order valence-corrected chi connectivity index (χ4v) is 1.44. The molecular weight excluding hydrogens is 254 g/mol. The van der Waals surface area contributed by atoms with E-state index in [4.69, 9.17) is 20.4 Å². The minimum Gasteiger partial charge on any atom is -0.493 e. The molecule has 0 aliphatic carbocycles. The van der Waals surface area contributed by atoms with E-state index < -0.39 is 11.0 Å². The highest BCUT2D eigenvalue weighted by Crippen LogP contribution is 2.32. The van der Waals surface area contributed by atoms with Crippen molar-refractivity contribution in [2.75, 3.05) is 7.11 Å². The van der Waals surface area contributed by atoms with E-state index in [-0.39, 0.29) is 23.0 Å². The van der Waals surface area contributed by atoms with Crippen molar-refractivity contribution in [1.82, 2.24) is 0 Å². The van der Waals surface area contributed by atoms with E-state index in [1.807, 2.05) is 0 Å². The smallest absolute Gasteiger partial charge is 0.273 e. The Kier molecular flexibility index (Phi) is 4.92. The molecule has 104 valence electrons. The third-order valence-electron chi connectivity index (χ3n) is 2.44. The Morgan fingerprint density at radius 2 is 2.26 bits per heavy atom. The number of hydrogen-bond acceptors (Lipinski definition) is 6. The highest BCUT2D eigenvalue weighted by molar-refractivity contribution is 5.84. The van der Waals surface area contributed by atoms with Crippen LogP contribution in [0.4, 0.5) is 5.69 Å². The van der Waals surface area contributed by atoms with Gasteiger partial charge in [-0.05, 0) is 12.5 Å². The van der Waals surface area contributed by atoms with Crippen molar-refractivity contribution in [3.8, 4) is 11.5 Å². The number of rotatable bonds is 6. The van der Waals surface area contributed by atoms with Gasteiger partial charge in [-0.1, -0.05) is 12.1 Å². The molecule has 0 saturated heterocycles. The highest BCUT2D eigenvalue weighted by atomic mass is 16.6. The van der Waals surface area contributed by atoms with Crippen LogP contribution in [0.3, 0.4) is 0 Å². The average Bonchev–Trinajstić information content (AvgIpc) is 2.43. The fraction of sp³-hybridized carbons (Fsp3) is 0.364. The quantitative estimate of drug-likeness (QED) is 0.265. The number of methoxy groups -OCH3 is 1. The topological polar surface area (TPSA) is 120 Å². The molecule has 0 saturated carbocycles. The van der Waals surface area contributed by atoms with E-state index in [2.05, 4.69) is 5.16 Å². The van der Waals surface area contributed by atoms with Gasteiger partial charge in [0.25, 0.3) is 5.69 Å². The third kappa shape index (κ3) is 3.47. The number of amidine groups is 1. The number of hydrogen-bond donors (Lipinski definition) is 2. The van der Waals surface area contributed by atoms with Gasteiger partial charge in [-0.2, -0.15) is 0 Å². The van der Waals surface area contributed by atoms with Crippen molar-refractivity contribution < 1.29 is 19.6 Å². The van der Waals surface area contributed by atoms with Crippen LogP contribution in [0.25, 0.3) is 0 Å². The van der Waals surface area contributed by atoms with Crippen molar-refractivity contribution in [2.45, 2.75) is 19.4 Å². The maximum atomic E-state index is 10.7. The van der Waals surface area contributed by atoms with Crippen LogP contribution in [0.5, 0.6) is 11.5 Å². The lowest BCUT2D eigenvalue weighted by molar-refractivity contribution is -0.385. The van der Waals surface area contributed by atoms with Crippen LogP contribution in [0.15, 0.2) is 23.4 Å². The minimum absolute atomic E-state index is 0.0806. The molecule has 1 unspecified atom stereocenters. The summed E-state index contributed by atoms with van der Waals surface area (Å²) in [7, 11) is 1.37. The van der Waals surface area contributed by atoms with Gasteiger partial charge in [0, 0.05) is 6.07 Å². The van der Waals surface area contributed by atoms with Gasteiger partial charge in [0.05, 0.1) is 18.1 Å². The molecule has 1 aromatic rings. The lowest BCUT2D eigenvalue weighted by Gasteiger charge is -2.17. The van der Waals surface area contributed by atoms with E-state index in [0.29, 0.717) is 6.42 Å². The Morgan fingerprint density at radius 3 is 2.74 bits per heavy atom. The van der Waals surface area contributed by atoms with Crippen molar-refractivity contribution in [3.05, 3.63) is 28.3 Å². The summed E-state index contributed by atoms with van der Waals surface area (Å²) >= 11 is 0. The van der Waals surface area contributed by atoms with Crippen LogP contribution >= 0.6 is 0 Å². The maximum absolute atomic E-state index is 10.7. The Morgan fingerprint density at radius 1 is 1.58 bits per heavy atom. The number of nitro benzene ring substituents is 1. The second-order valence-corrected chi connectivity index (χ2v) is 3.63. The summed E-state index contributed by atoms with van der Waals surface area (Å²) < 4.78 is 10.5. The minimum atomic E-state index is -0.639. The lowest BCUT2D eigenvalue weighted by Crippen LogP contribution is -2.33. The van der Waals surface area contributed by atoms with E-state index in [1.54, 1.807) is 6.92 Å². The monoisotopic (exact) mass is 269 g/mol. The molecule has 0 spiro atoms. The van der Waals surface area contributed by atoms with E-state index in [1.165, 1.54) is 25.3 Å². The molecule has 1 rings (SSSR count). The molecule has 0 radical (unpaired) electrons. The Labute approximate surface area is 109 Å². The zero-order valence-electron chi connectivity index (χ0n) is 10.6. The van der Waals surface area contributed by atoms with Crippen molar-refractivity contribution in [1.29, 1.82) is 0 Å². The molecule has 3 N–H and O–H groups in total. The molecule has 0 aromatic heterocycles. The molecule has 0 amide bonds. The van der Waals surface area contributed by atoms with Gasteiger partial charge in [-0.3, -0.25) is 10.1 Å². The summed E-state index contributed by atoms with van der Waals surface area (Å²) in [5, 5.41) is 22.1. The Balaban J connectivity index is 3.03. The molecule has 1 aromatic carbocycles. The summed E-state index contributed by atoms with van der Waals surface area (Å²) in [6.07, 6.45) is -0.170. The van der Waals surface area contributed by atoms with Gasteiger partial charge in [-0.15, -0.1) is 0 Å². The van der Waals surface area contributed by atoms with Gasteiger partial charge >= 0.3 is 0 Å². The van der Waals surface area contributed by atoms with Crippen molar-refractivity contribution in [2.24, 2.45) is 10.9 Å². The predicted molar refractivity (Wildman–Crippen MR) is 67.8 cm³/mol. The summed E-state index contributed by atoms with van der Waals surface area (Å²) in [5.74, 6) is 0.410. The third-order valence-corrected chi connectivity index (χ3v) is 2.44. The van der Waals surface area contributed by atoms with Crippen LogP contribution in [0.2, 0.25) is 0 Å². The normalized spacial score (nSPS) is 12.8. The van der Waals surface area contributed by atoms with Gasteiger partial charge in [0.15, 0.2) is 23.4 Å². The van der Waals surface area contributed by atoms with E-state index in [0.717, 1.165) is 0 Å². The molecule has 19 heavy (non-hydrogen) atoms. The maximum Gasteiger partial charge on any atom is 0.273 e.